The van der Waals surface area contributed by atoms with Crippen LogP contribution in [0.4, 0.5) is 0 Å². The molecule has 2 rings (SSSR count). The number of ether oxygens (including phenoxy) is 2. The highest BCUT2D eigenvalue weighted by Crippen LogP contribution is 2.30. The summed E-state index contributed by atoms with van der Waals surface area (Å²) in [5, 5.41) is 0. The monoisotopic (exact) mass is 285 g/mol. The van der Waals surface area contributed by atoms with Crippen LogP contribution < -0.4 is 14.2 Å². The quantitative estimate of drug-likeness (QED) is 0.894. The molecule has 5 nitrogen and oxygen atoms in total. The Morgan fingerprint density at radius 3 is 2.68 bits per heavy atom. The van der Waals surface area contributed by atoms with Crippen LogP contribution >= 0.6 is 0 Å². The van der Waals surface area contributed by atoms with Crippen LogP contribution in [0.15, 0.2) is 18.2 Å². The lowest BCUT2D eigenvalue weighted by molar-refractivity contribution is 0.297. The van der Waals surface area contributed by atoms with E-state index in [4.69, 9.17) is 9.47 Å². The second kappa shape index (κ2) is 6.25. The maximum Gasteiger partial charge on any atom is 0.211 e. The third kappa shape index (κ3) is 4.11. The Labute approximate surface area is 114 Å². The van der Waals surface area contributed by atoms with Crippen molar-refractivity contribution in [3.8, 4) is 11.5 Å². The highest BCUT2D eigenvalue weighted by atomic mass is 32.2. The normalized spacial score (nSPS) is 15.0. The van der Waals surface area contributed by atoms with Crippen LogP contribution in [0.25, 0.3) is 0 Å². The Balaban J connectivity index is 2.04. The molecule has 0 fully saturated rings. The van der Waals surface area contributed by atoms with Crippen molar-refractivity contribution in [1.82, 2.24) is 4.72 Å². The molecule has 1 aliphatic rings. The SMILES string of the molecule is CCCS(=O)(=O)NCc1ccc2c(c1)OCCCO2. The molecular formula is C13H19NO4S. The lowest BCUT2D eigenvalue weighted by atomic mass is 10.2. The van der Waals surface area contributed by atoms with Crippen LogP contribution in [-0.2, 0) is 16.6 Å². The van der Waals surface area contributed by atoms with Gasteiger partial charge in [-0.05, 0) is 24.1 Å². The third-order valence-electron chi connectivity index (χ3n) is 2.78. The molecule has 1 aromatic carbocycles. The van der Waals surface area contributed by atoms with E-state index in [-0.39, 0.29) is 12.3 Å². The van der Waals surface area contributed by atoms with Gasteiger partial charge in [-0.1, -0.05) is 13.0 Å². The number of sulfonamides is 1. The van der Waals surface area contributed by atoms with Gasteiger partial charge in [0.1, 0.15) is 0 Å². The van der Waals surface area contributed by atoms with Crippen LogP contribution in [0.2, 0.25) is 0 Å². The minimum atomic E-state index is -3.18. The first kappa shape index (κ1) is 14.1. The molecule has 6 heteroatoms. The Morgan fingerprint density at radius 2 is 1.95 bits per heavy atom. The lowest BCUT2D eigenvalue weighted by Crippen LogP contribution is -2.25. The minimum Gasteiger partial charge on any atom is -0.490 e. The molecule has 0 aromatic heterocycles. The third-order valence-corrected chi connectivity index (χ3v) is 4.31. The molecule has 0 aliphatic carbocycles. The fourth-order valence-electron chi connectivity index (χ4n) is 1.85. The Kier molecular flexibility index (Phi) is 4.66. The summed E-state index contributed by atoms with van der Waals surface area (Å²) in [4.78, 5) is 0. The maximum atomic E-state index is 11.6. The number of nitrogens with one attached hydrogen (secondary N) is 1. The fourth-order valence-corrected chi connectivity index (χ4v) is 2.92. The molecule has 0 saturated carbocycles. The number of fused-ring (bicyclic) bond motifs is 1. The van der Waals surface area contributed by atoms with Gasteiger partial charge in [0.15, 0.2) is 11.5 Å². The van der Waals surface area contributed by atoms with Gasteiger partial charge in [-0.25, -0.2) is 13.1 Å². The van der Waals surface area contributed by atoms with Crippen molar-refractivity contribution in [2.24, 2.45) is 0 Å². The van der Waals surface area contributed by atoms with Crippen LogP contribution in [0, 0.1) is 0 Å². The number of hydrogen-bond acceptors (Lipinski definition) is 4. The van der Waals surface area contributed by atoms with Crippen LogP contribution in [0.3, 0.4) is 0 Å². The molecule has 0 atom stereocenters. The average Bonchev–Trinajstić information content (AvgIpc) is 2.61. The minimum absolute atomic E-state index is 0.150. The van der Waals surface area contributed by atoms with Gasteiger partial charge in [-0.2, -0.15) is 0 Å². The molecule has 1 aliphatic heterocycles. The van der Waals surface area contributed by atoms with Crippen LogP contribution in [0.1, 0.15) is 25.3 Å². The second-order valence-corrected chi connectivity index (χ2v) is 6.40. The van der Waals surface area contributed by atoms with Crippen molar-refractivity contribution in [2.75, 3.05) is 19.0 Å². The van der Waals surface area contributed by atoms with Gasteiger partial charge in [0.05, 0.1) is 19.0 Å². The van der Waals surface area contributed by atoms with E-state index in [1.54, 1.807) is 0 Å². The van der Waals surface area contributed by atoms with E-state index in [1.807, 2.05) is 25.1 Å². The number of rotatable bonds is 5. The number of benzene rings is 1. The first-order valence-electron chi connectivity index (χ1n) is 6.46. The summed E-state index contributed by atoms with van der Waals surface area (Å²) < 4.78 is 36.8. The Hall–Kier alpha value is -1.27. The zero-order valence-electron chi connectivity index (χ0n) is 11.0. The predicted molar refractivity (Wildman–Crippen MR) is 73.0 cm³/mol. The van der Waals surface area contributed by atoms with Gasteiger partial charge in [-0.15, -0.1) is 0 Å². The molecule has 1 heterocycles. The summed E-state index contributed by atoms with van der Waals surface area (Å²) in [6.07, 6.45) is 1.46. The smallest absolute Gasteiger partial charge is 0.211 e. The molecule has 106 valence electrons. The summed E-state index contributed by atoms with van der Waals surface area (Å²) in [6.45, 7) is 3.39. The molecule has 0 saturated heterocycles. The van der Waals surface area contributed by atoms with E-state index < -0.39 is 10.0 Å². The molecule has 19 heavy (non-hydrogen) atoms. The van der Waals surface area contributed by atoms with Gasteiger partial charge >= 0.3 is 0 Å². The predicted octanol–water partition coefficient (Wildman–Crippen LogP) is 1.68. The highest BCUT2D eigenvalue weighted by molar-refractivity contribution is 7.89. The van der Waals surface area contributed by atoms with Crippen molar-refractivity contribution < 1.29 is 17.9 Å². The first-order chi connectivity index (χ1) is 9.11. The van der Waals surface area contributed by atoms with Gasteiger partial charge in [0.2, 0.25) is 10.0 Å². The zero-order valence-corrected chi connectivity index (χ0v) is 11.8. The van der Waals surface area contributed by atoms with Gasteiger partial charge < -0.3 is 9.47 Å². The van der Waals surface area contributed by atoms with E-state index in [0.29, 0.717) is 25.4 Å². The maximum absolute atomic E-state index is 11.6. The van der Waals surface area contributed by atoms with E-state index >= 15 is 0 Å². The van der Waals surface area contributed by atoms with Crippen molar-refractivity contribution in [3.05, 3.63) is 23.8 Å². The summed E-state index contributed by atoms with van der Waals surface area (Å²) in [7, 11) is -3.18. The molecular weight excluding hydrogens is 266 g/mol. The molecule has 0 bridgehead atoms. The van der Waals surface area contributed by atoms with Crippen molar-refractivity contribution >= 4 is 10.0 Å². The standard InChI is InChI=1S/C13H19NO4S/c1-2-8-19(15,16)14-10-11-4-5-12-13(9-11)18-7-3-6-17-12/h4-5,9,14H,2-3,6-8,10H2,1H3. The van der Waals surface area contributed by atoms with Crippen LogP contribution in [-0.4, -0.2) is 27.4 Å². The highest BCUT2D eigenvalue weighted by Gasteiger charge is 2.12. The molecule has 0 amide bonds. The summed E-state index contributed by atoms with van der Waals surface area (Å²) >= 11 is 0. The molecule has 0 spiro atoms. The second-order valence-electron chi connectivity index (χ2n) is 4.47. The number of hydrogen-bond donors (Lipinski definition) is 1. The van der Waals surface area contributed by atoms with Crippen molar-refractivity contribution in [2.45, 2.75) is 26.3 Å². The van der Waals surface area contributed by atoms with Crippen molar-refractivity contribution in [1.29, 1.82) is 0 Å². The van der Waals surface area contributed by atoms with E-state index in [9.17, 15) is 8.42 Å². The molecule has 1 N–H and O–H groups in total. The molecule has 0 radical (unpaired) electrons. The Morgan fingerprint density at radius 1 is 1.21 bits per heavy atom. The zero-order chi connectivity index (χ0) is 13.7. The summed E-state index contributed by atoms with van der Waals surface area (Å²) in [5.74, 6) is 1.56. The first-order valence-corrected chi connectivity index (χ1v) is 8.12. The largest absolute Gasteiger partial charge is 0.490 e. The van der Waals surface area contributed by atoms with E-state index in [0.717, 1.165) is 17.7 Å². The topological polar surface area (TPSA) is 64.6 Å². The van der Waals surface area contributed by atoms with Gasteiger partial charge in [-0.3, -0.25) is 0 Å². The Bertz CT molecular complexity index is 527. The van der Waals surface area contributed by atoms with E-state index in [1.165, 1.54) is 0 Å². The van der Waals surface area contributed by atoms with E-state index in [2.05, 4.69) is 4.72 Å². The van der Waals surface area contributed by atoms with Gasteiger partial charge in [0, 0.05) is 13.0 Å². The molecule has 1 aromatic rings. The fraction of sp³-hybridized carbons (Fsp3) is 0.538. The summed E-state index contributed by atoms with van der Waals surface area (Å²) in [5.41, 5.74) is 0.865. The van der Waals surface area contributed by atoms with Gasteiger partial charge in [0.25, 0.3) is 0 Å². The van der Waals surface area contributed by atoms with Crippen molar-refractivity contribution in [3.63, 3.8) is 0 Å². The summed E-state index contributed by atoms with van der Waals surface area (Å²) in [6, 6.07) is 5.50. The molecule has 0 unspecified atom stereocenters. The van der Waals surface area contributed by atoms with Crippen LogP contribution in [0.5, 0.6) is 11.5 Å². The lowest BCUT2D eigenvalue weighted by Gasteiger charge is -2.10. The average molecular weight is 285 g/mol.